The number of carbonyl (C=O) groups excluding carboxylic acids is 1. The molecule has 0 spiro atoms. The van der Waals surface area contributed by atoms with Crippen LogP contribution in [0, 0.1) is 0 Å². The van der Waals surface area contributed by atoms with E-state index in [9.17, 15) is 13.2 Å². The summed E-state index contributed by atoms with van der Waals surface area (Å²) >= 11 is 0. The highest BCUT2D eigenvalue weighted by molar-refractivity contribution is 8.13. The van der Waals surface area contributed by atoms with Crippen molar-refractivity contribution in [3.05, 3.63) is 29.8 Å². The molecule has 0 aliphatic rings. The molecule has 1 amide bonds. The molecule has 1 atom stereocenters. The van der Waals surface area contributed by atoms with E-state index in [1.54, 1.807) is 26.2 Å². The summed E-state index contributed by atoms with van der Waals surface area (Å²) in [5, 5.41) is 2.74. The largest absolute Gasteiger partial charge is 0.382 e. The van der Waals surface area contributed by atoms with Gasteiger partial charge in [0.2, 0.25) is 5.91 Å². The van der Waals surface area contributed by atoms with Gasteiger partial charge in [-0.05, 0) is 24.6 Å². The first-order valence-electron chi connectivity index (χ1n) is 6.25. The smallest absolute Gasteiger partial charge is 0.261 e. The van der Waals surface area contributed by atoms with Crippen LogP contribution in [0.3, 0.4) is 0 Å². The molecule has 21 heavy (non-hydrogen) atoms. The van der Waals surface area contributed by atoms with Crippen LogP contribution in [0.1, 0.15) is 18.5 Å². The van der Waals surface area contributed by atoms with Crippen molar-refractivity contribution in [2.45, 2.75) is 17.9 Å². The molecule has 1 rings (SSSR count). The second-order valence-electron chi connectivity index (χ2n) is 4.34. The Labute approximate surface area is 128 Å². The number of hydrogen-bond donors (Lipinski definition) is 1. The molecule has 0 aromatic heterocycles. The van der Waals surface area contributed by atoms with Gasteiger partial charge in [0.05, 0.1) is 24.2 Å². The van der Waals surface area contributed by atoms with E-state index in [1.165, 1.54) is 12.1 Å². The fourth-order valence-electron chi connectivity index (χ4n) is 1.59. The zero-order chi connectivity index (χ0) is 15.9. The molecule has 8 heteroatoms. The molecular weight excluding hydrogens is 318 g/mol. The molecule has 1 unspecified atom stereocenters. The van der Waals surface area contributed by atoms with Gasteiger partial charge in [-0.1, -0.05) is 12.1 Å². The lowest BCUT2D eigenvalue weighted by Gasteiger charge is -2.14. The number of halogens is 1. The molecule has 1 aromatic carbocycles. The molecule has 0 aliphatic heterocycles. The SMILES string of the molecule is COCCOCC(=O)NC(C)c1ccc(S(=O)(=O)Cl)cc1. The molecule has 0 aliphatic carbocycles. The average molecular weight is 336 g/mol. The van der Waals surface area contributed by atoms with Crippen LogP contribution in [0.4, 0.5) is 0 Å². The molecule has 0 radical (unpaired) electrons. The normalized spacial score (nSPS) is 12.9. The Kier molecular flexibility index (Phi) is 7.10. The summed E-state index contributed by atoms with van der Waals surface area (Å²) in [6.07, 6.45) is 0. The van der Waals surface area contributed by atoms with Crippen molar-refractivity contribution in [3.8, 4) is 0 Å². The van der Waals surface area contributed by atoms with Crippen molar-refractivity contribution in [3.63, 3.8) is 0 Å². The summed E-state index contributed by atoms with van der Waals surface area (Å²) in [4.78, 5) is 11.6. The molecule has 1 N–H and O–H groups in total. The highest BCUT2D eigenvalue weighted by atomic mass is 35.7. The van der Waals surface area contributed by atoms with Crippen LogP contribution in [0.25, 0.3) is 0 Å². The van der Waals surface area contributed by atoms with Crippen molar-refractivity contribution in [1.82, 2.24) is 5.32 Å². The van der Waals surface area contributed by atoms with Gasteiger partial charge in [-0.15, -0.1) is 0 Å². The molecule has 1 aromatic rings. The van der Waals surface area contributed by atoms with Crippen LogP contribution in [0.15, 0.2) is 29.2 Å². The van der Waals surface area contributed by atoms with Gasteiger partial charge in [0, 0.05) is 17.8 Å². The van der Waals surface area contributed by atoms with Gasteiger partial charge in [0.1, 0.15) is 6.61 Å². The van der Waals surface area contributed by atoms with E-state index >= 15 is 0 Å². The predicted octanol–water partition coefficient (Wildman–Crippen LogP) is 1.45. The molecule has 0 heterocycles. The van der Waals surface area contributed by atoms with Gasteiger partial charge in [-0.25, -0.2) is 8.42 Å². The minimum Gasteiger partial charge on any atom is -0.382 e. The zero-order valence-electron chi connectivity index (χ0n) is 11.8. The Morgan fingerprint density at radius 3 is 2.43 bits per heavy atom. The van der Waals surface area contributed by atoms with Crippen LogP contribution in [-0.2, 0) is 23.3 Å². The minimum atomic E-state index is -3.73. The van der Waals surface area contributed by atoms with Crippen LogP contribution in [0.5, 0.6) is 0 Å². The molecule has 0 fully saturated rings. The Bertz CT molecular complexity index is 558. The topological polar surface area (TPSA) is 81.7 Å². The van der Waals surface area contributed by atoms with Gasteiger partial charge in [0.15, 0.2) is 0 Å². The highest BCUT2D eigenvalue weighted by Crippen LogP contribution is 2.18. The van der Waals surface area contributed by atoms with Crippen molar-refractivity contribution >= 4 is 25.6 Å². The molecule has 0 bridgehead atoms. The maximum Gasteiger partial charge on any atom is 0.261 e. The molecule has 6 nitrogen and oxygen atoms in total. The average Bonchev–Trinajstić information content (AvgIpc) is 2.43. The maximum atomic E-state index is 11.6. The second-order valence-corrected chi connectivity index (χ2v) is 6.91. The minimum absolute atomic E-state index is 0.0225. The summed E-state index contributed by atoms with van der Waals surface area (Å²) in [6, 6.07) is 5.73. The number of hydrogen-bond acceptors (Lipinski definition) is 5. The van der Waals surface area contributed by atoms with Crippen LogP contribution < -0.4 is 5.32 Å². The molecule has 0 saturated heterocycles. The van der Waals surface area contributed by atoms with E-state index in [1.807, 2.05) is 0 Å². The van der Waals surface area contributed by atoms with Crippen LogP contribution >= 0.6 is 10.7 Å². The fourth-order valence-corrected chi connectivity index (χ4v) is 2.36. The van der Waals surface area contributed by atoms with Gasteiger partial charge in [-0.3, -0.25) is 4.79 Å². The number of ether oxygens (including phenoxy) is 2. The monoisotopic (exact) mass is 335 g/mol. The standard InChI is InChI=1S/C13H18ClNO5S/c1-10(15-13(16)9-20-8-7-19-2)11-3-5-12(6-4-11)21(14,17)18/h3-6,10H,7-9H2,1-2H3,(H,15,16). The number of rotatable bonds is 8. The summed E-state index contributed by atoms with van der Waals surface area (Å²) in [7, 11) is 3.05. The quantitative estimate of drug-likeness (QED) is 0.574. The molecule has 118 valence electrons. The summed E-state index contributed by atoms with van der Waals surface area (Å²) < 4.78 is 32.2. The van der Waals surface area contributed by atoms with Gasteiger partial charge < -0.3 is 14.8 Å². The zero-order valence-corrected chi connectivity index (χ0v) is 13.4. The van der Waals surface area contributed by atoms with Crippen molar-refractivity contribution in [2.24, 2.45) is 0 Å². The number of benzene rings is 1. The van der Waals surface area contributed by atoms with E-state index in [0.29, 0.717) is 13.2 Å². The number of carbonyl (C=O) groups is 1. The van der Waals surface area contributed by atoms with Gasteiger partial charge in [0.25, 0.3) is 9.05 Å². The molecule has 0 saturated carbocycles. The van der Waals surface area contributed by atoms with Crippen LogP contribution in [-0.4, -0.2) is 41.3 Å². The fraction of sp³-hybridized carbons (Fsp3) is 0.462. The van der Waals surface area contributed by atoms with Crippen molar-refractivity contribution in [2.75, 3.05) is 26.9 Å². The predicted molar refractivity (Wildman–Crippen MR) is 78.7 cm³/mol. The van der Waals surface area contributed by atoms with Crippen molar-refractivity contribution < 1.29 is 22.7 Å². The summed E-state index contributed by atoms with van der Waals surface area (Å²) in [5.41, 5.74) is 0.768. The molecular formula is C13H18ClNO5S. The van der Waals surface area contributed by atoms with Gasteiger partial charge in [-0.2, -0.15) is 0 Å². The van der Waals surface area contributed by atoms with Gasteiger partial charge >= 0.3 is 0 Å². The summed E-state index contributed by atoms with van der Waals surface area (Å²) in [6.45, 7) is 2.51. The summed E-state index contributed by atoms with van der Waals surface area (Å²) in [5.74, 6) is -0.257. The van der Waals surface area contributed by atoms with Crippen molar-refractivity contribution in [1.29, 1.82) is 0 Å². The second kappa shape index (κ2) is 8.33. The van der Waals surface area contributed by atoms with Crippen LogP contribution in [0.2, 0.25) is 0 Å². The maximum absolute atomic E-state index is 11.6. The Balaban J connectivity index is 2.52. The highest BCUT2D eigenvalue weighted by Gasteiger charge is 2.13. The number of nitrogens with one attached hydrogen (secondary N) is 1. The lowest BCUT2D eigenvalue weighted by atomic mass is 10.1. The lowest BCUT2D eigenvalue weighted by Crippen LogP contribution is -2.30. The van der Waals surface area contributed by atoms with E-state index in [-0.39, 0.29) is 23.5 Å². The van der Waals surface area contributed by atoms with E-state index in [4.69, 9.17) is 20.2 Å². The third-order valence-electron chi connectivity index (χ3n) is 2.70. The van der Waals surface area contributed by atoms with E-state index in [0.717, 1.165) is 5.56 Å². The van der Waals surface area contributed by atoms with E-state index in [2.05, 4.69) is 5.32 Å². The first kappa shape index (κ1) is 17.9. The third kappa shape index (κ3) is 6.43. The van der Waals surface area contributed by atoms with E-state index < -0.39 is 9.05 Å². The Morgan fingerprint density at radius 2 is 1.90 bits per heavy atom. The first-order chi connectivity index (χ1) is 9.84. The third-order valence-corrected chi connectivity index (χ3v) is 4.07. The number of methoxy groups -OCH3 is 1. The lowest BCUT2D eigenvalue weighted by molar-refractivity contribution is -0.126. The Morgan fingerprint density at radius 1 is 1.29 bits per heavy atom. The Hall–Kier alpha value is -1.15. The number of amides is 1. The first-order valence-corrected chi connectivity index (χ1v) is 8.56.